The van der Waals surface area contributed by atoms with Crippen molar-refractivity contribution in [1.29, 1.82) is 0 Å². The highest BCUT2D eigenvalue weighted by Gasteiger charge is 2.36. The van der Waals surface area contributed by atoms with E-state index in [1.54, 1.807) is 38.5 Å². The molecule has 2 atom stereocenters. The molecule has 2 aliphatic rings. The van der Waals surface area contributed by atoms with Gasteiger partial charge in [-0.2, -0.15) is 0 Å². The predicted molar refractivity (Wildman–Crippen MR) is 97.0 cm³/mol. The molecule has 1 aromatic carbocycles. The number of benzene rings is 1. The van der Waals surface area contributed by atoms with Gasteiger partial charge in [0.1, 0.15) is 0 Å². The van der Waals surface area contributed by atoms with Crippen molar-refractivity contribution in [3.63, 3.8) is 0 Å². The zero-order chi connectivity index (χ0) is 18.3. The smallest absolute Gasteiger partial charge is 0.254 e. The van der Waals surface area contributed by atoms with Crippen LogP contribution in [0.4, 0.5) is 0 Å². The van der Waals surface area contributed by atoms with Crippen LogP contribution in [-0.4, -0.2) is 42.7 Å². The highest BCUT2D eigenvalue weighted by Crippen LogP contribution is 2.36. The second-order valence-electron chi connectivity index (χ2n) is 6.98. The lowest BCUT2D eigenvalue weighted by molar-refractivity contribution is 0.0594. The fraction of sp³-hybridized carbons (Fsp3) is 0.400. The Kier molecular flexibility index (Phi) is 4.18. The Labute approximate surface area is 152 Å². The molecule has 1 amide bonds. The van der Waals surface area contributed by atoms with Crippen LogP contribution in [0.3, 0.4) is 0 Å². The molecule has 0 aliphatic carbocycles. The van der Waals surface area contributed by atoms with Gasteiger partial charge in [-0.3, -0.25) is 9.59 Å². The third kappa shape index (κ3) is 2.75. The maximum atomic E-state index is 13.0. The lowest BCUT2D eigenvalue weighted by Gasteiger charge is -2.42. The largest absolute Gasteiger partial charge is 0.493 e. The van der Waals surface area contributed by atoms with Crippen molar-refractivity contribution in [3.8, 4) is 11.5 Å². The SMILES string of the molecule is COc1ccc(C(=O)N2C[C@H]3C[C@@H](C2)c2cccc(=O)n2C3)cc1OC. The summed E-state index contributed by atoms with van der Waals surface area (Å²) in [6.07, 6.45) is 1.03. The van der Waals surface area contributed by atoms with Crippen molar-refractivity contribution < 1.29 is 14.3 Å². The summed E-state index contributed by atoms with van der Waals surface area (Å²) in [6, 6.07) is 10.7. The molecule has 136 valence electrons. The number of carbonyl (C=O) groups is 1. The fourth-order valence-corrected chi connectivity index (χ4v) is 4.21. The summed E-state index contributed by atoms with van der Waals surface area (Å²) >= 11 is 0. The number of fused-ring (bicyclic) bond motifs is 4. The average Bonchev–Trinajstić information content (AvgIpc) is 2.67. The molecule has 6 nitrogen and oxygen atoms in total. The first-order chi connectivity index (χ1) is 12.6. The summed E-state index contributed by atoms with van der Waals surface area (Å²) in [5, 5.41) is 0. The predicted octanol–water partition coefficient (Wildman–Crippen LogP) is 2.12. The molecule has 0 radical (unpaired) electrons. The van der Waals surface area contributed by atoms with E-state index in [2.05, 4.69) is 0 Å². The van der Waals surface area contributed by atoms with Crippen molar-refractivity contribution in [2.45, 2.75) is 18.9 Å². The van der Waals surface area contributed by atoms with Gasteiger partial charge in [-0.1, -0.05) is 6.07 Å². The average molecular weight is 354 g/mol. The number of hydrogen-bond donors (Lipinski definition) is 0. The summed E-state index contributed by atoms with van der Waals surface area (Å²) in [7, 11) is 3.14. The van der Waals surface area contributed by atoms with Gasteiger partial charge in [0.05, 0.1) is 14.2 Å². The highest BCUT2D eigenvalue weighted by atomic mass is 16.5. The van der Waals surface area contributed by atoms with Crippen molar-refractivity contribution in [2.75, 3.05) is 27.3 Å². The molecule has 0 saturated carbocycles. The highest BCUT2D eigenvalue weighted by molar-refractivity contribution is 5.95. The molecule has 3 heterocycles. The normalized spacial score (nSPS) is 21.1. The standard InChI is InChI=1S/C20H22N2O4/c1-25-17-7-6-14(9-18(17)26-2)20(24)21-10-13-8-15(12-21)16-4-3-5-19(23)22(16)11-13/h3-7,9,13,15H,8,10-12H2,1-2H3/t13-,15+/m1/s1. The Hall–Kier alpha value is -2.76. The van der Waals surface area contributed by atoms with Crippen molar-refractivity contribution >= 4 is 5.91 Å². The van der Waals surface area contributed by atoms with Crippen LogP contribution in [0.25, 0.3) is 0 Å². The zero-order valence-electron chi connectivity index (χ0n) is 15.0. The van der Waals surface area contributed by atoms with E-state index in [9.17, 15) is 9.59 Å². The van der Waals surface area contributed by atoms with Gasteiger partial charge in [-0.25, -0.2) is 0 Å². The lowest BCUT2D eigenvalue weighted by atomic mass is 9.83. The summed E-state index contributed by atoms with van der Waals surface area (Å²) < 4.78 is 12.4. The number of ether oxygens (including phenoxy) is 2. The number of carbonyl (C=O) groups excluding carboxylic acids is 1. The Morgan fingerprint density at radius 3 is 2.62 bits per heavy atom. The first kappa shape index (κ1) is 16.7. The summed E-state index contributed by atoms with van der Waals surface area (Å²) in [5.74, 6) is 1.67. The topological polar surface area (TPSA) is 60.8 Å². The van der Waals surface area contributed by atoms with Crippen molar-refractivity contribution in [3.05, 3.63) is 58.0 Å². The van der Waals surface area contributed by atoms with Crippen LogP contribution in [0.15, 0.2) is 41.2 Å². The summed E-state index contributed by atoms with van der Waals surface area (Å²) in [6.45, 7) is 1.98. The van der Waals surface area contributed by atoms with Crippen LogP contribution >= 0.6 is 0 Å². The summed E-state index contributed by atoms with van der Waals surface area (Å²) in [5.41, 5.74) is 1.68. The number of piperidine rings is 1. The van der Waals surface area contributed by atoms with E-state index in [0.717, 1.165) is 12.1 Å². The number of hydrogen-bond acceptors (Lipinski definition) is 4. The van der Waals surface area contributed by atoms with Gasteiger partial charge in [0.15, 0.2) is 11.5 Å². The van der Waals surface area contributed by atoms with Crippen molar-refractivity contribution in [2.24, 2.45) is 5.92 Å². The maximum Gasteiger partial charge on any atom is 0.254 e. The number of methoxy groups -OCH3 is 2. The molecule has 0 spiro atoms. The molecule has 2 aromatic rings. The van der Waals surface area contributed by atoms with E-state index in [0.29, 0.717) is 42.6 Å². The quantitative estimate of drug-likeness (QED) is 0.847. The monoisotopic (exact) mass is 354 g/mol. The molecule has 26 heavy (non-hydrogen) atoms. The molecule has 6 heteroatoms. The Morgan fingerprint density at radius 1 is 1.04 bits per heavy atom. The lowest BCUT2D eigenvalue weighted by Crippen LogP contribution is -2.49. The maximum absolute atomic E-state index is 13.0. The van der Waals surface area contributed by atoms with Gasteiger partial charge < -0.3 is 18.9 Å². The number of rotatable bonds is 3. The molecule has 2 aliphatic heterocycles. The van der Waals surface area contributed by atoms with Crippen LogP contribution < -0.4 is 15.0 Å². The van der Waals surface area contributed by atoms with Gasteiger partial charge in [0.2, 0.25) is 0 Å². The van der Waals surface area contributed by atoms with Crippen LogP contribution in [0.1, 0.15) is 28.4 Å². The van der Waals surface area contributed by atoms with Crippen LogP contribution in [0.2, 0.25) is 0 Å². The first-order valence-corrected chi connectivity index (χ1v) is 8.81. The van der Waals surface area contributed by atoms with Gasteiger partial charge >= 0.3 is 0 Å². The van der Waals surface area contributed by atoms with Gasteiger partial charge in [0, 0.05) is 42.9 Å². The molecule has 1 aromatic heterocycles. The van der Waals surface area contributed by atoms with E-state index in [4.69, 9.17) is 9.47 Å². The van der Waals surface area contributed by atoms with Crippen LogP contribution in [0.5, 0.6) is 11.5 Å². The Morgan fingerprint density at radius 2 is 1.85 bits per heavy atom. The number of aromatic nitrogens is 1. The van der Waals surface area contributed by atoms with Crippen LogP contribution in [0, 0.1) is 5.92 Å². The molecule has 1 fully saturated rings. The number of likely N-dealkylation sites (tertiary alicyclic amines) is 1. The summed E-state index contributed by atoms with van der Waals surface area (Å²) in [4.78, 5) is 27.1. The van der Waals surface area contributed by atoms with E-state index >= 15 is 0 Å². The van der Waals surface area contributed by atoms with Gasteiger partial charge in [0.25, 0.3) is 11.5 Å². The third-order valence-electron chi connectivity index (χ3n) is 5.40. The number of pyridine rings is 1. The fourth-order valence-electron chi connectivity index (χ4n) is 4.21. The van der Waals surface area contributed by atoms with Crippen LogP contribution in [-0.2, 0) is 6.54 Å². The molecule has 1 saturated heterocycles. The number of nitrogens with zero attached hydrogens (tertiary/aromatic N) is 2. The first-order valence-electron chi connectivity index (χ1n) is 8.81. The van der Waals surface area contributed by atoms with Gasteiger partial charge in [-0.15, -0.1) is 0 Å². The minimum atomic E-state index is -0.00705. The Bertz CT molecular complexity index is 905. The third-order valence-corrected chi connectivity index (χ3v) is 5.40. The van der Waals surface area contributed by atoms with E-state index < -0.39 is 0 Å². The van der Waals surface area contributed by atoms with Gasteiger partial charge in [-0.05, 0) is 36.6 Å². The molecule has 4 rings (SSSR count). The molecule has 2 bridgehead atoms. The molecule has 0 unspecified atom stereocenters. The second-order valence-corrected chi connectivity index (χ2v) is 6.98. The van der Waals surface area contributed by atoms with E-state index in [1.165, 1.54) is 0 Å². The minimum absolute atomic E-state index is 0.00705. The van der Waals surface area contributed by atoms with E-state index in [-0.39, 0.29) is 17.4 Å². The molecular formula is C20H22N2O4. The second kappa shape index (κ2) is 6.52. The Balaban J connectivity index is 1.61. The zero-order valence-corrected chi connectivity index (χ0v) is 15.0. The minimum Gasteiger partial charge on any atom is -0.493 e. The molecular weight excluding hydrogens is 332 g/mol. The molecule has 0 N–H and O–H groups in total. The van der Waals surface area contributed by atoms with Crippen molar-refractivity contribution in [1.82, 2.24) is 9.47 Å². The van der Waals surface area contributed by atoms with E-state index in [1.807, 2.05) is 21.6 Å². The number of amides is 1.